The average molecular weight is 540 g/mol. The molecule has 4 heterocycles. The van der Waals surface area contributed by atoms with E-state index in [1.807, 2.05) is 0 Å². The fourth-order valence-corrected chi connectivity index (χ4v) is 4.89. The number of pyridine rings is 1. The Morgan fingerprint density at radius 2 is 2.11 bits per heavy atom. The van der Waals surface area contributed by atoms with Crippen LogP contribution in [-0.2, 0) is 18.0 Å². The van der Waals surface area contributed by atoms with Gasteiger partial charge in [-0.15, -0.1) is 5.10 Å². The van der Waals surface area contributed by atoms with Crippen molar-refractivity contribution < 1.29 is 27.4 Å². The number of carbonyl (C=O) groups is 1. The van der Waals surface area contributed by atoms with Gasteiger partial charge in [0.2, 0.25) is 5.88 Å². The van der Waals surface area contributed by atoms with E-state index in [-0.39, 0.29) is 18.1 Å². The van der Waals surface area contributed by atoms with Crippen molar-refractivity contribution in [2.75, 3.05) is 45.8 Å². The van der Waals surface area contributed by atoms with Crippen LogP contribution in [0.2, 0.25) is 0 Å². The summed E-state index contributed by atoms with van der Waals surface area (Å²) in [6.07, 6.45) is -0.562. The van der Waals surface area contributed by atoms with E-state index in [9.17, 15) is 22.8 Å². The summed E-state index contributed by atoms with van der Waals surface area (Å²) in [6, 6.07) is -0.0126. The molecule has 1 fully saturated rings. The number of ether oxygens (including phenoxy) is 2. The summed E-state index contributed by atoms with van der Waals surface area (Å²) in [5, 5.41) is 10.3. The first kappa shape index (κ1) is 27.6. The Balaban J connectivity index is 1.41. The summed E-state index contributed by atoms with van der Waals surface area (Å²) < 4.78 is 51.1. The van der Waals surface area contributed by atoms with Crippen molar-refractivity contribution in [3.63, 3.8) is 0 Å². The SMILES string of the molecule is COCCOc1n[nH]c2c1=CC(N1CC[C@H](N(C)C(=O)Nc3cc(C(F)(F)F)cn(C)c3=O)C[C@@H]1C)CN=2. The van der Waals surface area contributed by atoms with Crippen LogP contribution < -0.4 is 26.3 Å². The zero-order valence-electron chi connectivity index (χ0n) is 21.7. The molecule has 4 rings (SSSR count). The third-order valence-corrected chi connectivity index (χ3v) is 7.02. The van der Waals surface area contributed by atoms with Gasteiger partial charge in [0.05, 0.1) is 23.9 Å². The van der Waals surface area contributed by atoms with Crippen molar-refractivity contribution in [2.24, 2.45) is 12.0 Å². The maximum Gasteiger partial charge on any atom is 0.417 e. The number of aromatic nitrogens is 3. The predicted octanol–water partition coefficient (Wildman–Crippen LogP) is 0.952. The molecule has 0 spiro atoms. The number of nitrogens with one attached hydrogen (secondary N) is 2. The number of H-pyrrole nitrogens is 1. The predicted molar refractivity (Wildman–Crippen MR) is 133 cm³/mol. The van der Waals surface area contributed by atoms with Crippen molar-refractivity contribution in [1.29, 1.82) is 0 Å². The molecule has 2 amide bonds. The van der Waals surface area contributed by atoms with Crippen molar-refractivity contribution in [1.82, 2.24) is 24.6 Å². The smallest absolute Gasteiger partial charge is 0.417 e. The molecular weight excluding hydrogens is 507 g/mol. The van der Waals surface area contributed by atoms with Gasteiger partial charge in [-0.2, -0.15) is 13.2 Å². The van der Waals surface area contributed by atoms with Gasteiger partial charge in [-0.25, -0.2) is 4.79 Å². The molecule has 1 unspecified atom stereocenters. The second-order valence-corrected chi connectivity index (χ2v) is 9.57. The lowest BCUT2D eigenvalue weighted by Gasteiger charge is -2.43. The number of aryl methyl sites for hydroxylation is 1. The van der Waals surface area contributed by atoms with Gasteiger partial charge in [-0.3, -0.25) is 19.8 Å². The van der Waals surface area contributed by atoms with E-state index in [1.54, 1.807) is 14.2 Å². The van der Waals surface area contributed by atoms with Gasteiger partial charge in [0.25, 0.3) is 5.56 Å². The Morgan fingerprint density at radius 1 is 1.34 bits per heavy atom. The van der Waals surface area contributed by atoms with Crippen LogP contribution in [0.1, 0.15) is 25.3 Å². The molecule has 0 aromatic carbocycles. The van der Waals surface area contributed by atoms with Gasteiger partial charge in [0.15, 0.2) is 5.49 Å². The summed E-state index contributed by atoms with van der Waals surface area (Å²) in [5.41, 5.74) is -1.47. The van der Waals surface area contributed by atoms with Crippen LogP contribution in [0.4, 0.5) is 23.7 Å². The second-order valence-electron chi connectivity index (χ2n) is 9.57. The molecule has 0 bridgehead atoms. The van der Waals surface area contributed by atoms with Gasteiger partial charge in [0, 0.05) is 52.1 Å². The van der Waals surface area contributed by atoms with Crippen LogP contribution in [0.25, 0.3) is 6.08 Å². The number of likely N-dealkylation sites (tertiary alicyclic amines) is 1. The van der Waals surface area contributed by atoms with E-state index < -0.39 is 29.0 Å². The molecule has 2 aromatic rings. The number of nitrogens with zero attached hydrogens (tertiary/aromatic N) is 5. The van der Waals surface area contributed by atoms with Gasteiger partial charge in [-0.05, 0) is 31.9 Å². The largest absolute Gasteiger partial charge is 0.474 e. The molecule has 11 nitrogen and oxygen atoms in total. The number of aromatic amines is 1. The number of anilines is 1. The average Bonchev–Trinajstić information content (AvgIpc) is 3.27. The standard InChI is InChI=1S/C24H32F3N7O4/c1-14-9-16(33(3)23(36)29-19-10-15(24(25,26)27)13-32(2)22(19)35)5-6-34(14)17-11-18-20(28-12-17)30-31-21(18)38-8-7-37-4/h10-11,13-14,16-17H,5-9,12H2,1-4H3,(H,28,30)(H,29,36)/t14-,16-,17?/m0/s1. The van der Waals surface area contributed by atoms with Crippen LogP contribution in [-0.4, -0.2) is 89.2 Å². The van der Waals surface area contributed by atoms with Crippen LogP contribution in [0, 0.1) is 0 Å². The first-order valence-electron chi connectivity index (χ1n) is 12.3. The summed E-state index contributed by atoms with van der Waals surface area (Å²) >= 11 is 0. The maximum absolute atomic E-state index is 13.2. The van der Waals surface area contributed by atoms with E-state index in [0.29, 0.717) is 62.8 Å². The second kappa shape index (κ2) is 11.2. The Hall–Kier alpha value is -3.39. The van der Waals surface area contributed by atoms with E-state index >= 15 is 0 Å². The first-order valence-corrected chi connectivity index (χ1v) is 12.3. The number of hydrogen-bond donors (Lipinski definition) is 2. The summed E-state index contributed by atoms with van der Waals surface area (Å²) in [5.74, 6) is 0.477. The minimum absolute atomic E-state index is 0.0214. The van der Waals surface area contributed by atoms with E-state index in [4.69, 9.17) is 9.47 Å². The summed E-state index contributed by atoms with van der Waals surface area (Å²) in [7, 11) is 4.40. The Kier molecular flexibility index (Phi) is 8.11. The summed E-state index contributed by atoms with van der Waals surface area (Å²) in [4.78, 5) is 33.6. The van der Waals surface area contributed by atoms with Gasteiger partial charge in [-0.1, -0.05) is 0 Å². The zero-order valence-corrected chi connectivity index (χ0v) is 21.7. The highest BCUT2D eigenvalue weighted by Crippen LogP contribution is 2.30. The number of urea groups is 1. The Bertz CT molecular complexity index is 1340. The highest BCUT2D eigenvalue weighted by atomic mass is 19.4. The molecule has 14 heteroatoms. The number of halogens is 3. The van der Waals surface area contributed by atoms with Crippen LogP contribution in [0.5, 0.6) is 5.88 Å². The fourth-order valence-electron chi connectivity index (χ4n) is 4.89. The van der Waals surface area contributed by atoms with E-state index in [1.165, 1.54) is 11.9 Å². The Labute approximate surface area is 216 Å². The molecule has 0 aliphatic carbocycles. The number of fused-ring (bicyclic) bond motifs is 1. The highest BCUT2D eigenvalue weighted by Gasteiger charge is 2.35. The molecule has 0 radical (unpaired) electrons. The first-order chi connectivity index (χ1) is 18.0. The van der Waals surface area contributed by atoms with E-state index in [2.05, 4.69) is 38.4 Å². The lowest BCUT2D eigenvalue weighted by atomic mass is 9.95. The maximum atomic E-state index is 13.2. The van der Waals surface area contributed by atoms with Crippen molar-refractivity contribution >= 4 is 17.8 Å². The lowest BCUT2D eigenvalue weighted by molar-refractivity contribution is -0.138. The molecule has 1 saturated heterocycles. The molecule has 2 aromatic heterocycles. The molecule has 208 valence electrons. The fraction of sp³-hybridized carbons (Fsp3) is 0.583. The lowest BCUT2D eigenvalue weighted by Crippen LogP contribution is -2.54. The summed E-state index contributed by atoms with van der Waals surface area (Å²) in [6.45, 7) is 4.11. The topological polar surface area (TPSA) is 117 Å². The normalized spacial score (nSPS) is 21.7. The molecule has 2 aliphatic heterocycles. The molecule has 38 heavy (non-hydrogen) atoms. The highest BCUT2D eigenvalue weighted by molar-refractivity contribution is 5.89. The van der Waals surface area contributed by atoms with Gasteiger partial charge >= 0.3 is 12.2 Å². The zero-order chi connectivity index (χ0) is 27.6. The van der Waals surface area contributed by atoms with E-state index in [0.717, 1.165) is 9.79 Å². The number of hydrogen-bond acceptors (Lipinski definition) is 7. The van der Waals surface area contributed by atoms with Crippen LogP contribution in [0.3, 0.4) is 0 Å². The Morgan fingerprint density at radius 3 is 2.79 bits per heavy atom. The molecule has 0 saturated carbocycles. The quantitative estimate of drug-likeness (QED) is 0.507. The van der Waals surface area contributed by atoms with Crippen LogP contribution in [0.15, 0.2) is 22.1 Å². The van der Waals surface area contributed by atoms with Gasteiger partial charge < -0.3 is 24.3 Å². The van der Waals surface area contributed by atoms with Gasteiger partial charge in [0.1, 0.15) is 12.3 Å². The number of alkyl halides is 3. The molecule has 2 N–H and O–H groups in total. The van der Waals surface area contributed by atoms with Crippen molar-refractivity contribution in [2.45, 2.75) is 44.1 Å². The number of piperidine rings is 1. The van der Waals surface area contributed by atoms with Crippen LogP contribution >= 0.6 is 0 Å². The third kappa shape index (κ3) is 5.85. The van der Waals surface area contributed by atoms with Crippen molar-refractivity contribution in [3.05, 3.63) is 38.9 Å². The molecular formula is C24H32F3N7O4. The minimum atomic E-state index is -4.64. The van der Waals surface area contributed by atoms with Crippen molar-refractivity contribution in [3.8, 4) is 5.88 Å². The number of amides is 2. The number of rotatable bonds is 7. The molecule has 3 atom stereocenters. The molecule has 2 aliphatic rings. The third-order valence-electron chi connectivity index (χ3n) is 7.02. The number of carbonyl (C=O) groups excluding carboxylic acids is 1. The minimum Gasteiger partial charge on any atom is -0.474 e. The monoisotopic (exact) mass is 539 g/mol. The number of methoxy groups -OCH3 is 1.